The average Bonchev–Trinajstić information content (AvgIpc) is 3.58. The van der Waals surface area contributed by atoms with Crippen molar-refractivity contribution < 1.29 is 18.4 Å². The van der Waals surface area contributed by atoms with Crippen LogP contribution < -0.4 is 13.6 Å². The normalized spacial score (nSPS) is 14.4. The molecule has 5 rings (SSSR count). The molecule has 4 aromatic rings. The van der Waals surface area contributed by atoms with Gasteiger partial charge in [0.25, 0.3) is 22.5 Å². The Kier molecular flexibility index (Phi) is 16.0. The SMILES string of the molecule is CCN(CC)C(=O)c1c(-c2ccc(O[Si](C(C)C)(C(C)C)C(C)C)cc2)sc2cc(O[Si](C(C)C)(C(C)C)C(C)C)cc(-c3cccc(OCCN4CCCCC4)c3)c12. The number of piperidine rings is 1. The van der Waals surface area contributed by atoms with Crippen LogP contribution in [0, 0.1) is 0 Å². The van der Waals surface area contributed by atoms with E-state index in [1.165, 1.54) is 19.3 Å². The van der Waals surface area contributed by atoms with Crippen molar-refractivity contribution >= 4 is 44.0 Å². The number of amides is 1. The van der Waals surface area contributed by atoms with Crippen molar-refractivity contribution in [1.29, 1.82) is 0 Å². The Bertz CT molecular complexity index is 1930. The van der Waals surface area contributed by atoms with Crippen LogP contribution in [0.5, 0.6) is 17.2 Å². The van der Waals surface area contributed by atoms with Gasteiger partial charge in [-0.2, -0.15) is 0 Å². The Balaban J connectivity index is 1.71. The van der Waals surface area contributed by atoms with E-state index in [2.05, 4.69) is 162 Å². The lowest BCUT2D eigenvalue weighted by molar-refractivity contribution is 0.0776. The number of likely N-dealkylation sites (tertiary alicyclic amines) is 1. The molecule has 1 aliphatic heterocycles. The van der Waals surface area contributed by atoms with E-state index in [1.807, 2.05) is 4.90 Å². The summed E-state index contributed by atoms with van der Waals surface area (Å²) in [5.74, 6) is 2.71. The maximum atomic E-state index is 14.9. The minimum absolute atomic E-state index is 0.0570. The number of ether oxygens (including phenoxy) is 1. The molecule has 0 spiro atoms. The van der Waals surface area contributed by atoms with Crippen molar-refractivity contribution in [3.05, 3.63) is 66.2 Å². The van der Waals surface area contributed by atoms with Crippen LogP contribution in [-0.2, 0) is 0 Å². The smallest absolute Gasteiger partial charge is 0.258 e. The van der Waals surface area contributed by atoms with E-state index in [0.29, 0.717) is 52.9 Å². The Labute approximate surface area is 364 Å². The number of hydrogen-bond donors (Lipinski definition) is 0. The second kappa shape index (κ2) is 20.2. The highest BCUT2D eigenvalue weighted by atomic mass is 32.1. The number of thiophene rings is 1. The molecular formula is C50H76N2O4SSi2. The van der Waals surface area contributed by atoms with Crippen molar-refractivity contribution in [2.24, 2.45) is 0 Å². The zero-order chi connectivity index (χ0) is 43.2. The molecule has 1 amide bonds. The van der Waals surface area contributed by atoms with Gasteiger partial charge in [0.2, 0.25) is 0 Å². The van der Waals surface area contributed by atoms with E-state index in [-0.39, 0.29) is 5.91 Å². The van der Waals surface area contributed by atoms with Crippen LogP contribution in [0.15, 0.2) is 60.7 Å². The highest BCUT2D eigenvalue weighted by molar-refractivity contribution is 7.23. The summed E-state index contributed by atoms with van der Waals surface area (Å²) in [7, 11) is -4.45. The summed E-state index contributed by atoms with van der Waals surface area (Å²) in [5.41, 5.74) is 6.50. The van der Waals surface area contributed by atoms with Crippen molar-refractivity contribution in [2.45, 2.75) is 149 Å². The van der Waals surface area contributed by atoms with Crippen molar-refractivity contribution in [1.82, 2.24) is 9.80 Å². The zero-order valence-corrected chi connectivity index (χ0v) is 41.9. The van der Waals surface area contributed by atoms with Crippen LogP contribution in [-0.4, -0.2) is 71.7 Å². The highest BCUT2D eigenvalue weighted by Crippen LogP contribution is 2.49. The van der Waals surface area contributed by atoms with E-state index >= 15 is 0 Å². The Morgan fingerprint density at radius 1 is 0.661 bits per heavy atom. The number of hydrogen-bond acceptors (Lipinski definition) is 6. The largest absolute Gasteiger partial charge is 0.543 e. The lowest BCUT2D eigenvalue weighted by Crippen LogP contribution is -2.50. The average molecular weight is 857 g/mol. The maximum Gasteiger partial charge on any atom is 0.258 e. The predicted octanol–water partition coefficient (Wildman–Crippen LogP) is 14.7. The molecule has 1 aromatic heterocycles. The molecule has 0 atom stereocenters. The fourth-order valence-corrected chi connectivity index (χ4v) is 22.3. The quantitative estimate of drug-likeness (QED) is 0.0880. The van der Waals surface area contributed by atoms with Crippen LogP contribution >= 0.6 is 11.3 Å². The number of nitrogens with zero attached hydrogens (tertiary/aromatic N) is 2. The molecule has 324 valence electrons. The van der Waals surface area contributed by atoms with Gasteiger partial charge in [-0.3, -0.25) is 9.69 Å². The number of benzene rings is 3. The number of rotatable bonds is 19. The second-order valence-corrected chi connectivity index (χ2v) is 30.6. The van der Waals surface area contributed by atoms with Gasteiger partial charge < -0.3 is 18.5 Å². The first-order valence-electron chi connectivity index (χ1n) is 22.8. The van der Waals surface area contributed by atoms with E-state index in [1.54, 1.807) is 11.3 Å². The molecule has 0 bridgehead atoms. The Morgan fingerprint density at radius 2 is 1.20 bits per heavy atom. The summed E-state index contributed by atoms with van der Waals surface area (Å²) >= 11 is 1.70. The van der Waals surface area contributed by atoms with Crippen LogP contribution in [0.3, 0.4) is 0 Å². The highest BCUT2D eigenvalue weighted by Gasteiger charge is 2.48. The molecular weight excluding hydrogens is 781 g/mol. The lowest BCUT2D eigenvalue weighted by atomic mass is 9.95. The fraction of sp³-hybridized carbons (Fsp3) is 0.580. The van der Waals surface area contributed by atoms with Gasteiger partial charge in [0.1, 0.15) is 23.9 Å². The van der Waals surface area contributed by atoms with Gasteiger partial charge in [-0.1, -0.05) is 102 Å². The molecule has 3 aromatic carbocycles. The predicted molar refractivity (Wildman–Crippen MR) is 259 cm³/mol. The molecule has 0 N–H and O–H groups in total. The molecule has 1 saturated heterocycles. The summed E-state index contributed by atoms with van der Waals surface area (Å²) in [6.45, 7) is 37.3. The van der Waals surface area contributed by atoms with Gasteiger partial charge in [-0.15, -0.1) is 11.3 Å². The third kappa shape index (κ3) is 9.84. The minimum Gasteiger partial charge on any atom is -0.543 e. The first kappa shape index (κ1) is 46.9. The topological polar surface area (TPSA) is 51.2 Å². The van der Waals surface area contributed by atoms with E-state index in [9.17, 15) is 4.79 Å². The first-order valence-corrected chi connectivity index (χ1v) is 27.9. The Morgan fingerprint density at radius 3 is 1.73 bits per heavy atom. The summed E-state index contributed by atoms with van der Waals surface area (Å²) in [5, 5.41) is 0.983. The van der Waals surface area contributed by atoms with Crippen molar-refractivity contribution in [2.75, 3.05) is 39.3 Å². The van der Waals surface area contributed by atoms with Gasteiger partial charge in [-0.25, -0.2) is 0 Å². The molecule has 0 saturated carbocycles. The summed E-state index contributed by atoms with van der Waals surface area (Å²) in [4.78, 5) is 20.4. The molecule has 2 heterocycles. The van der Waals surface area contributed by atoms with Crippen molar-refractivity contribution in [3.63, 3.8) is 0 Å². The van der Waals surface area contributed by atoms with E-state index in [4.69, 9.17) is 13.6 Å². The molecule has 9 heteroatoms. The maximum absolute atomic E-state index is 14.9. The standard InChI is InChI=1S/C50H76N2O4SSi2/c1-15-52(16-2)50(53)48-47-45(41-21-20-22-43(31-41)54-30-29-51-27-18-17-19-28-51)32-44(56-59(37(9)10,38(11)12)39(13)14)33-46(47)57-49(48)40-23-25-42(26-24-40)55-58(34(3)4,35(5)6)36(7)8/h20-26,31-39H,15-19,27-30H2,1-14H3. The Hall–Kier alpha value is -3.12. The summed E-state index contributed by atoms with van der Waals surface area (Å²) in [6.07, 6.45) is 3.86. The second-order valence-electron chi connectivity index (χ2n) is 18.8. The van der Waals surface area contributed by atoms with Gasteiger partial charge in [-0.05, 0) is 138 Å². The fourth-order valence-electron chi connectivity index (χ4n) is 10.6. The van der Waals surface area contributed by atoms with Crippen LogP contribution in [0.25, 0.3) is 31.7 Å². The molecule has 6 nitrogen and oxygen atoms in total. The molecule has 1 aliphatic rings. The molecule has 0 aliphatic carbocycles. The first-order chi connectivity index (χ1) is 28.0. The lowest BCUT2D eigenvalue weighted by Gasteiger charge is -2.42. The minimum atomic E-state index is -2.31. The van der Waals surface area contributed by atoms with E-state index in [0.717, 1.165) is 74.1 Å². The monoisotopic (exact) mass is 857 g/mol. The summed E-state index contributed by atoms with van der Waals surface area (Å²) in [6, 6.07) is 21.5. The van der Waals surface area contributed by atoms with Crippen LogP contribution in [0.1, 0.15) is 127 Å². The van der Waals surface area contributed by atoms with E-state index < -0.39 is 16.6 Å². The number of fused-ring (bicyclic) bond motifs is 1. The number of carbonyl (C=O) groups excluding carboxylic acids is 1. The third-order valence-corrected chi connectivity index (χ3v) is 26.6. The molecule has 0 radical (unpaired) electrons. The molecule has 1 fully saturated rings. The molecule has 59 heavy (non-hydrogen) atoms. The van der Waals surface area contributed by atoms with Gasteiger partial charge in [0, 0.05) is 34.6 Å². The summed E-state index contributed by atoms with van der Waals surface area (Å²) < 4.78 is 22.1. The van der Waals surface area contributed by atoms with Crippen LogP contribution in [0.4, 0.5) is 0 Å². The third-order valence-electron chi connectivity index (χ3n) is 13.4. The molecule has 0 unspecified atom stereocenters. The van der Waals surface area contributed by atoms with Crippen molar-refractivity contribution in [3.8, 4) is 38.8 Å². The van der Waals surface area contributed by atoms with Gasteiger partial charge in [0.05, 0.1) is 5.56 Å². The zero-order valence-electron chi connectivity index (χ0n) is 39.0. The number of carbonyl (C=O) groups is 1. The van der Waals surface area contributed by atoms with Gasteiger partial charge in [0.15, 0.2) is 0 Å². The van der Waals surface area contributed by atoms with Gasteiger partial charge >= 0.3 is 0 Å². The van der Waals surface area contributed by atoms with Crippen LogP contribution in [0.2, 0.25) is 33.2 Å².